The minimum Gasteiger partial charge on any atom is -0.309 e. The average Bonchev–Trinajstić information content (AvgIpc) is 4.02. The van der Waals surface area contributed by atoms with Gasteiger partial charge in [0, 0.05) is 32.6 Å². The molecule has 304 valence electrons. The Labute approximate surface area is 380 Å². The van der Waals surface area contributed by atoms with Crippen LogP contribution in [0.15, 0.2) is 231 Å². The van der Waals surface area contributed by atoms with Crippen molar-refractivity contribution in [3.05, 3.63) is 231 Å². The number of hydrogen-bond acceptors (Lipinski definition) is 0. The van der Waals surface area contributed by atoms with E-state index in [2.05, 4.69) is 240 Å². The first-order valence-electron chi connectivity index (χ1n) is 22.9. The van der Waals surface area contributed by atoms with E-state index in [0.29, 0.717) is 0 Å². The lowest BCUT2D eigenvalue weighted by Gasteiger charge is -2.14. The SMILES string of the molecule is c1cc(-c2ccc3c4ccccc4c4ccccc4c3c2)cc(-n2c3ccccc3c3ccc(-c4ccc5c(c4)c4ccccc4n5-c4ccc5c6c(cccc46)-c4ccccc4-5)cc32)c1. The highest BCUT2D eigenvalue weighted by atomic mass is 15.0. The Morgan fingerprint density at radius 1 is 0.212 bits per heavy atom. The Morgan fingerprint density at radius 2 is 0.667 bits per heavy atom. The van der Waals surface area contributed by atoms with E-state index >= 15 is 0 Å². The van der Waals surface area contributed by atoms with E-state index in [1.54, 1.807) is 0 Å². The van der Waals surface area contributed by atoms with Crippen molar-refractivity contribution in [3.63, 3.8) is 0 Å². The van der Waals surface area contributed by atoms with Crippen LogP contribution in [-0.2, 0) is 0 Å². The molecule has 0 aliphatic heterocycles. The molecule has 0 atom stereocenters. The van der Waals surface area contributed by atoms with Crippen molar-refractivity contribution in [1.29, 1.82) is 0 Å². The molecule has 2 heterocycles. The Kier molecular flexibility index (Phi) is 7.25. The molecule has 15 rings (SSSR count). The van der Waals surface area contributed by atoms with Crippen LogP contribution in [0, 0.1) is 0 Å². The summed E-state index contributed by atoms with van der Waals surface area (Å²) < 4.78 is 4.94. The van der Waals surface area contributed by atoms with Crippen LogP contribution >= 0.6 is 0 Å². The van der Waals surface area contributed by atoms with Crippen LogP contribution in [-0.4, -0.2) is 9.13 Å². The van der Waals surface area contributed by atoms with Gasteiger partial charge in [-0.1, -0.05) is 176 Å². The zero-order valence-corrected chi connectivity index (χ0v) is 35.8. The van der Waals surface area contributed by atoms with Crippen LogP contribution in [0.3, 0.4) is 0 Å². The number of hydrogen-bond donors (Lipinski definition) is 0. The first-order valence-corrected chi connectivity index (χ1v) is 22.9. The van der Waals surface area contributed by atoms with E-state index in [1.165, 1.54) is 137 Å². The quantitative estimate of drug-likeness (QED) is 0.156. The molecular formula is C64H38N2. The van der Waals surface area contributed by atoms with Crippen molar-refractivity contribution in [3.8, 4) is 55.9 Å². The summed E-state index contributed by atoms with van der Waals surface area (Å²) in [5, 5.41) is 15.4. The van der Waals surface area contributed by atoms with Gasteiger partial charge in [-0.15, -0.1) is 0 Å². The number of fused-ring (bicyclic) bond motifs is 15. The van der Waals surface area contributed by atoms with Crippen LogP contribution in [0.4, 0.5) is 0 Å². The number of rotatable bonds is 4. The molecule has 1 aliphatic carbocycles. The monoisotopic (exact) mass is 834 g/mol. The maximum absolute atomic E-state index is 2.48. The molecule has 2 aromatic heterocycles. The fraction of sp³-hybridized carbons (Fsp3) is 0. The molecule has 0 N–H and O–H groups in total. The third-order valence-electron chi connectivity index (χ3n) is 14.6. The summed E-state index contributed by atoms with van der Waals surface area (Å²) >= 11 is 0. The first kappa shape index (κ1) is 35.7. The lowest BCUT2D eigenvalue weighted by atomic mass is 9.92. The molecule has 0 saturated carbocycles. The predicted octanol–water partition coefficient (Wildman–Crippen LogP) is 17.5. The van der Waals surface area contributed by atoms with Gasteiger partial charge in [-0.25, -0.2) is 0 Å². The Bertz CT molecular complexity index is 4340. The van der Waals surface area contributed by atoms with Crippen LogP contribution in [0.2, 0.25) is 0 Å². The second kappa shape index (κ2) is 13.4. The summed E-state index contributed by atoms with van der Waals surface area (Å²) in [5.41, 5.74) is 17.2. The second-order valence-electron chi connectivity index (χ2n) is 18.0. The minimum atomic E-state index is 1.14. The molecule has 0 radical (unpaired) electrons. The van der Waals surface area contributed by atoms with Gasteiger partial charge in [0.2, 0.25) is 0 Å². The van der Waals surface area contributed by atoms with Gasteiger partial charge in [0.25, 0.3) is 0 Å². The van der Waals surface area contributed by atoms with E-state index in [4.69, 9.17) is 0 Å². The summed E-state index contributed by atoms with van der Waals surface area (Å²) in [7, 11) is 0. The molecule has 0 spiro atoms. The van der Waals surface area contributed by atoms with Gasteiger partial charge >= 0.3 is 0 Å². The largest absolute Gasteiger partial charge is 0.309 e. The molecule has 0 fully saturated rings. The van der Waals surface area contributed by atoms with Gasteiger partial charge in [0.1, 0.15) is 0 Å². The number of benzene rings is 12. The number of aromatic nitrogens is 2. The van der Waals surface area contributed by atoms with Crippen LogP contribution in [0.1, 0.15) is 0 Å². The molecule has 0 unspecified atom stereocenters. The Morgan fingerprint density at radius 3 is 1.39 bits per heavy atom. The summed E-state index contributed by atoms with van der Waals surface area (Å²) in [4.78, 5) is 0. The van der Waals surface area contributed by atoms with Gasteiger partial charge in [0.15, 0.2) is 0 Å². The average molecular weight is 835 g/mol. The fourth-order valence-electron chi connectivity index (χ4n) is 11.7. The first-order chi connectivity index (χ1) is 32.7. The topological polar surface area (TPSA) is 9.86 Å². The normalized spacial score (nSPS) is 12.2. The molecule has 0 bridgehead atoms. The van der Waals surface area contributed by atoms with E-state index in [9.17, 15) is 0 Å². The summed E-state index contributed by atoms with van der Waals surface area (Å²) in [5.74, 6) is 0. The van der Waals surface area contributed by atoms with Crippen molar-refractivity contribution in [2.24, 2.45) is 0 Å². The third kappa shape index (κ3) is 4.90. The van der Waals surface area contributed by atoms with E-state index in [0.717, 1.165) is 5.69 Å². The lowest BCUT2D eigenvalue weighted by Crippen LogP contribution is -1.96. The van der Waals surface area contributed by atoms with Crippen molar-refractivity contribution in [1.82, 2.24) is 9.13 Å². The zero-order valence-electron chi connectivity index (χ0n) is 35.8. The maximum Gasteiger partial charge on any atom is 0.0547 e. The van der Waals surface area contributed by atoms with Gasteiger partial charge < -0.3 is 9.13 Å². The Hall–Kier alpha value is -8.72. The van der Waals surface area contributed by atoms with E-state index in [1.807, 2.05) is 0 Å². The molecule has 12 aromatic carbocycles. The van der Waals surface area contributed by atoms with Crippen molar-refractivity contribution in [2.75, 3.05) is 0 Å². The molecular weight excluding hydrogens is 797 g/mol. The third-order valence-corrected chi connectivity index (χ3v) is 14.6. The van der Waals surface area contributed by atoms with Crippen LogP contribution in [0.5, 0.6) is 0 Å². The molecule has 1 aliphatic rings. The second-order valence-corrected chi connectivity index (χ2v) is 18.0. The van der Waals surface area contributed by atoms with Gasteiger partial charge in [-0.2, -0.15) is 0 Å². The lowest BCUT2D eigenvalue weighted by molar-refractivity contribution is 1.18. The van der Waals surface area contributed by atoms with E-state index < -0.39 is 0 Å². The highest BCUT2D eigenvalue weighted by molar-refractivity contribution is 6.26. The maximum atomic E-state index is 2.48. The molecule has 2 heteroatoms. The van der Waals surface area contributed by atoms with Crippen LogP contribution in [0.25, 0.3) is 143 Å². The highest BCUT2D eigenvalue weighted by Gasteiger charge is 2.24. The number of nitrogens with zero attached hydrogens (tertiary/aromatic N) is 2. The highest BCUT2D eigenvalue weighted by Crippen LogP contribution is 2.49. The summed E-state index contributed by atoms with van der Waals surface area (Å²) in [6, 6.07) is 85.8. The van der Waals surface area contributed by atoms with Gasteiger partial charge in [0.05, 0.1) is 27.8 Å². The van der Waals surface area contributed by atoms with E-state index in [-0.39, 0.29) is 0 Å². The molecule has 14 aromatic rings. The summed E-state index contributed by atoms with van der Waals surface area (Å²) in [6.07, 6.45) is 0. The van der Waals surface area contributed by atoms with Crippen molar-refractivity contribution in [2.45, 2.75) is 0 Å². The number of para-hydroxylation sites is 2. The molecule has 2 nitrogen and oxygen atoms in total. The molecule has 0 saturated heterocycles. The van der Waals surface area contributed by atoms with Crippen molar-refractivity contribution < 1.29 is 0 Å². The van der Waals surface area contributed by atoms with Crippen LogP contribution < -0.4 is 0 Å². The fourth-order valence-corrected chi connectivity index (χ4v) is 11.7. The summed E-state index contributed by atoms with van der Waals surface area (Å²) in [6.45, 7) is 0. The van der Waals surface area contributed by atoms with Gasteiger partial charge in [-0.3, -0.25) is 0 Å². The molecule has 0 amide bonds. The van der Waals surface area contributed by atoms with Gasteiger partial charge in [-0.05, 0) is 137 Å². The minimum absolute atomic E-state index is 1.14. The zero-order chi connectivity index (χ0) is 43.0. The standard InChI is InChI=1S/C64H38N2/c1-2-17-46-44(15-1)45-16-3-6-20-49(45)57-36-40(27-30-50(46)57)39-13-11-14-43(35-39)65-59-25-9-7-21-51(59)53-31-28-42(38-63(53)65)41-29-33-62-58(37-41)52-22-8-10-26-60(52)66(62)61-34-32-55-48-19-5-4-18-47(48)54-23-12-24-56(61)64(54)55/h1-38H. The van der Waals surface area contributed by atoms with Crippen molar-refractivity contribution >= 4 is 86.7 Å². The predicted molar refractivity (Wildman–Crippen MR) is 280 cm³/mol. The smallest absolute Gasteiger partial charge is 0.0547 e. The molecule has 66 heavy (non-hydrogen) atoms. The Balaban J connectivity index is 0.885.